The predicted octanol–water partition coefficient (Wildman–Crippen LogP) is 1.84. The smallest absolute Gasteiger partial charge is 0.273 e. The van der Waals surface area contributed by atoms with Crippen molar-refractivity contribution in [1.82, 2.24) is 0 Å². The maximum Gasteiger partial charge on any atom is 0.273 e. The zero-order chi connectivity index (χ0) is 14.5. The Morgan fingerprint density at radius 2 is 1.89 bits per heavy atom. The van der Waals surface area contributed by atoms with Gasteiger partial charge in [0, 0.05) is 24.4 Å². The fourth-order valence-corrected chi connectivity index (χ4v) is 1.67. The van der Waals surface area contributed by atoms with Crippen molar-refractivity contribution < 1.29 is 10.0 Å². The van der Waals surface area contributed by atoms with E-state index in [0.717, 1.165) is 0 Å². The molecule has 0 saturated carbocycles. The molecule has 0 aromatic heterocycles. The van der Waals surface area contributed by atoms with Gasteiger partial charge in [-0.2, -0.15) is 0 Å². The number of nitrogens with zero attached hydrogens (tertiary/aromatic N) is 1. The summed E-state index contributed by atoms with van der Waals surface area (Å²) in [6.45, 7) is 4.11. The largest absolute Gasteiger partial charge is 0.388 e. The normalized spacial score (nSPS) is 11.2. The molecule has 19 heavy (non-hydrogen) atoms. The number of benzene rings is 1. The zero-order valence-electron chi connectivity index (χ0n) is 11.1. The quantitative estimate of drug-likeness (QED) is 0.341. The Bertz CT molecular complexity index is 447. The zero-order valence-corrected chi connectivity index (χ0v) is 11.1. The second-order valence-electron chi connectivity index (χ2n) is 4.46. The summed E-state index contributed by atoms with van der Waals surface area (Å²) < 4.78 is 0. The summed E-state index contributed by atoms with van der Waals surface area (Å²) in [6, 6.07) is 4.41. The van der Waals surface area contributed by atoms with Gasteiger partial charge in [0.1, 0.15) is 0 Å². The Hall–Kier alpha value is -1.86. The van der Waals surface area contributed by atoms with Crippen molar-refractivity contribution in [2.24, 2.45) is 5.84 Å². The van der Waals surface area contributed by atoms with Crippen molar-refractivity contribution >= 4 is 17.1 Å². The molecule has 5 N–H and O–H groups in total. The van der Waals surface area contributed by atoms with Crippen LogP contribution >= 0.6 is 0 Å². The third kappa shape index (κ3) is 4.08. The molecular weight excluding hydrogens is 248 g/mol. The molecule has 0 saturated heterocycles. The molecule has 1 aromatic carbocycles. The van der Waals surface area contributed by atoms with Gasteiger partial charge in [0.25, 0.3) is 5.69 Å². The summed E-state index contributed by atoms with van der Waals surface area (Å²) >= 11 is 0. The van der Waals surface area contributed by atoms with Crippen LogP contribution in [0.4, 0.5) is 17.1 Å². The number of anilines is 2. The van der Waals surface area contributed by atoms with Gasteiger partial charge in [-0.25, -0.2) is 0 Å². The van der Waals surface area contributed by atoms with E-state index in [1.54, 1.807) is 6.07 Å². The summed E-state index contributed by atoms with van der Waals surface area (Å²) in [5.41, 5.74) is 2.48. The van der Waals surface area contributed by atoms with Crippen LogP contribution in [0.3, 0.4) is 0 Å². The average molecular weight is 268 g/mol. The van der Waals surface area contributed by atoms with E-state index in [0.29, 0.717) is 30.8 Å². The first-order valence-electron chi connectivity index (χ1n) is 6.16. The fraction of sp³-hybridized carbons (Fsp3) is 0.500. The first kappa shape index (κ1) is 15.2. The third-order valence-electron chi connectivity index (χ3n) is 3.23. The minimum Gasteiger partial charge on any atom is -0.388 e. The predicted molar refractivity (Wildman–Crippen MR) is 74.9 cm³/mol. The van der Waals surface area contributed by atoms with Crippen LogP contribution in [0.2, 0.25) is 0 Å². The highest BCUT2D eigenvalue weighted by atomic mass is 16.6. The highest BCUT2D eigenvalue weighted by Gasteiger charge is 2.22. The lowest BCUT2D eigenvalue weighted by molar-refractivity contribution is -0.384. The van der Waals surface area contributed by atoms with Crippen LogP contribution in [-0.2, 0) is 0 Å². The Morgan fingerprint density at radius 3 is 2.37 bits per heavy atom. The highest BCUT2D eigenvalue weighted by Crippen LogP contribution is 2.25. The Balaban J connectivity index is 2.89. The molecule has 0 radical (unpaired) electrons. The maximum absolute atomic E-state index is 10.8. The number of hydrazine groups is 1. The molecule has 0 atom stereocenters. The second-order valence-corrected chi connectivity index (χ2v) is 4.46. The lowest BCUT2D eigenvalue weighted by atomic mass is 9.97. The van der Waals surface area contributed by atoms with Crippen molar-refractivity contribution in [3.63, 3.8) is 0 Å². The lowest BCUT2D eigenvalue weighted by Crippen LogP contribution is -2.35. The third-order valence-corrected chi connectivity index (χ3v) is 3.23. The van der Waals surface area contributed by atoms with Crippen LogP contribution in [0.1, 0.15) is 26.7 Å². The van der Waals surface area contributed by atoms with E-state index in [-0.39, 0.29) is 5.69 Å². The van der Waals surface area contributed by atoms with E-state index in [1.165, 1.54) is 12.1 Å². The maximum atomic E-state index is 10.8. The number of aliphatic hydroxyl groups is 1. The monoisotopic (exact) mass is 268 g/mol. The van der Waals surface area contributed by atoms with E-state index in [4.69, 9.17) is 5.84 Å². The fourth-order valence-electron chi connectivity index (χ4n) is 1.67. The highest BCUT2D eigenvalue weighted by molar-refractivity contribution is 5.63. The molecule has 0 aliphatic rings. The van der Waals surface area contributed by atoms with Crippen LogP contribution in [0.25, 0.3) is 0 Å². The summed E-state index contributed by atoms with van der Waals surface area (Å²) in [4.78, 5) is 10.3. The van der Waals surface area contributed by atoms with Crippen LogP contribution < -0.4 is 16.6 Å². The number of nitro groups is 1. The molecule has 0 heterocycles. The molecule has 7 heteroatoms. The molecule has 7 nitrogen and oxygen atoms in total. The summed E-state index contributed by atoms with van der Waals surface area (Å²) in [6.07, 6.45) is 1.21. The lowest BCUT2D eigenvalue weighted by Gasteiger charge is -2.26. The number of hydrogen-bond donors (Lipinski definition) is 4. The standard InChI is InChI=1S/C12H20N4O3/c1-3-12(17,4-2)8-14-9-5-10(15-13)7-11(6-9)16(18)19/h5-7,14-15,17H,3-4,8,13H2,1-2H3. The number of hydrogen-bond acceptors (Lipinski definition) is 6. The summed E-state index contributed by atoms with van der Waals surface area (Å²) in [5.74, 6) is 5.27. The molecular formula is C12H20N4O3. The number of nitrogens with two attached hydrogens (primary N) is 1. The van der Waals surface area contributed by atoms with Crippen LogP contribution in [-0.4, -0.2) is 22.2 Å². The molecule has 0 bridgehead atoms. The van der Waals surface area contributed by atoms with Gasteiger partial charge in [0.05, 0.1) is 16.2 Å². The molecule has 0 amide bonds. The van der Waals surface area contributed by atoms with Gasteiger partial charge >= 0.3 is 0 Å². The van der Waals surface area contributed by atoms with Gasteiger partial charge in [-0.1, -0.05) is 13.8 Å². The van der Waals surface area contributed by atoms with Gasteiger partial charge in [0.2, 0.25) is 0 Å². The topological polar surface area (TPSA) is 113 Å². The molecule has 0 aliphatic carbocycles. The van der Waals surface area contributed by atoms with E-state index < -0.39 is 10.5 Å². The molecule has 0 unspecified atom stereocenters. The molecule has 0 spiro atoms. The summed E-state index contributed by atoms with van der Waals surface area (Å²) in [7, 11) is 0. The molecule has 106 valence electrons. The van der Waals surface area contributed by atoms with Crippen molar-refractivity contribution in [1.29, 1.82) is 0 Å². The molecule has 1 aromatic rings. The Kier molecular flexibility index (Phi) is 5.08. The minimum atomic E-state index is -0.819. The minimum absolute atomic E-state index is 0.0607. The van der Waals surface area contributed by atoms with Crippen LogP contribution in [0.5, 0.6) is 0 Å². The van der Waals surface area contributed by atoms with Gasteiger partial charge in [-0.15, -0.1) is 0 Å². The average Bonchev–Trinajstić information content (AvgIpc) is 2.44. The van der Waals surface area contributed by atoms with E-state index in [1.807, 2.05) is 13.8 Å². The first-order chi connectivity index (χ1) is 8.94. The SMILES string of the molecule is CCC(O)(CC)CNc1cc(NN)cc([N+](=O)[O-])c1. The molecule has 1 rings (SSSR count). The van der Waals surface area contributed by atoms with Crippen molar-refractivity contribution in [3.8, 4) is 0 Å². The Labute approximate surface area is 111 Å². The number of non-ortho nitro benzene ring substituents is 1. The van der Waals surface area contributed by atoms with E-state index in [2.05, 4.69) is 10.7 Å². The summed E-state index contributed by atoms with van der Waals surface area (Å²) in [5, 5.41) is 24.0. The van der Waals surface area contributed by atoms with E-state index >= 15 is 0 Å². The van der Waals surface area contributed by atoms with E-state index in [9.17, 15) is 15.2 Å². The van der Waals surface area contributed by atoms with Crippen molar-refractivity contribution in [2.75, 3.05) is 17.3 Å². The first-order valence-corrected chi connectivity index (χ1v) is 6.16. The van der Waals surface area contributed by atoms with Crippen molar-refractivity contribution in [2.45, 2.75) is 32.3 Å². The number of nitro benzene ring substituents is 1. The van der Waals surface area contributed by atoms with Gasteiger partial charge in [-0.3, -0.25) is 16.0 Å². The van der Waals surface area contributed by atoms with Gasteiger partial charge < -0.3 is 15.8 Å². The molecule has 0 aliphatic heterocycles. The van der Waals surface area contributed by atoms with Gasteiger partial charge in [0.15, 0.2) is 0 Å². The Morgan fingerprint density at radius 1 is 1.32 bits per heavy atom. The molecule has 0 fully saturated rings. The number of nitrogens with one attached hydrogen (secondary N) is 2. The second kappa shape index (κ2) is 6.35. The van der Waals surface area contributed by atoms with Crippen LogP contribution in [0.15, 0.2) is 18.2 Å². The van der Waals surface area contributed by atoms with Gasteiger partial charge in [-0.05, 0) is 18.9 Å². The number of rotatable bonds is 7. The number of nitrogen functional groups attached to an aromatic ring is 1. The van der Waals surface area contributed by atoms with Crippen LogP contribution in [0, 0.1) is 10.1 Å². The van der Waals surface area contributed by atoms with Crippen molar-refractivity contribution in [3.05, 3.63) is 28.3 Å².